The number of hydrogen-bond donors (Lipinski definition) is 0. The Morgan fingerprint density at radius 3 is 2.05 bits per heavy atom. The Morgan fingerprint density at radius 1 is 0.952 bits per heavy atom. The minimum absolute atomic E-state index is 0.0157. The molecule has 0 atom stereocenters. The maximum absolute atomic E-state index is 12.3. The molecule has 0 N–H and O–H groups in total. The lowest BCUT2D eigenvalue weighted by atomic mass is 10.0. The molecule has 0 amide bonds. The van der Waals surface area contributed by atoms with Crippen LogP contribution in [-0.4, -0.2) is 14.2 Å². The fraction of sp³-hybridized carbons (Fsp3) is 0.235. The van der Waals surface area contributed by atoms with E-state index in [2.05, 4.69) is 0 Å². The van der Waals surface area contributed by atoms with Gasteiger partial charge in [0, 0.05) is 11.5 Å². The predicted octanol–water partition coefficient (Wildman–Crippen LogP) is 3.50. The van der Waals surface area contributed by atoms with E-state index in [1.807, 2.05) is 32.0 Å². The van der Waals surface area contributed by atoms with Crippen molar-refractivity contribution in [2.75, 3.05) is 0 Å². The summed E-state index contributed by atoms with van der Waals surface area (Å²) in [4.78, 5) is 12.1. The van der Waals surface area contributed by atoms with Crippen molar-refractivity contribution in [1.29, 1.82) is 0 Å². The molecule has 21 heavy (non-hydrogen) atoms. The first-order chi connectivity index (χ1) is 9.90. The molecule has 2 aromatic rings. The van der Waals surface area contributed by atoms with Crippen LogP contribution in [0.4, 0.5) is 0 Å². The third kappa shape index (κ3) is 3.79. The first-order valence-electron chi connectivity index (χ1n) is 6.81. The highest BCUT2D eigenvalue weighted by atomic mass is 32.2. The standard InChI is InChI=1S/C17H18O3S/c1-13(2)17(18)15-8-10-16(11-9-15)21(19,20)12-14-6-4-3-5-7-14/h3-11,13H,12H2,1-2H3. The molecule has 2 aromatic carbocycles. The normalized spacial score (nSPS) is 11.6. The van der Waals surface area contributed by atoms with Gasteiger partial charge in [-0.2, -0.15) is 0 Å². The van der Waals surface area contributed by atoms with Crippen LogP contribution in [0.5, 0.6) is 0 Å². The molecule has 0 saturated heterocycles. The molecule has 110 valence electrons. The van der Waals surface area contributed by atoms with Crippen molar-refractivity contribution >= 4 is 15.6 Å². The fourth-order valence-electron chi connectivity index (χ4n) is 2.04. The highest BCUT2D eigenvalue weighted by molar-refractivity contribution is 7.90. The minimum Gasteiger partial charge on any atom is -0.294 e. The van der Waals surface area contributed by atoms with E-state index >= 15 is 0 Å². The highest BCUT2D eigenvalue weighted by Crippen LogP contribution is 2.18. The van der Waals surface area contributed by atoms with Gasteiger partial charge in [0.15, 0.2) is 15.6 Å². The zero-order valence-corrected chi connectivity index (χ0v) is 12.9. The van der Waals surface area contributed by atoms with Crippen LogP contribution in [0, 0.1) is 5.92 Å². The molecular formula is C17H18O3S. The first-order valence-corrected chi connectivity index (χ1v) is 8.46. The van der Waals surface area contributed by atoms with Crippen molar-refractivity contribution in [1.82, 2.24) is 0 Å². The molecule has 0 fully saturated rings. The van der Waals surface area contributed by atoms with E-state index in [0.29, 0.717) is 5.56 Å². The molecule has 0 spiro atoms. The summed E-state index contributed by atoms with van der Waals surface area (Å²) in [6, 6.07) is 15.2. The maximum Gasteiger partial charge on any atom is 0.182 e. The Bertz CT molecular complexity index is 714. The summed E-state index contributed by atoms with van der Waals surface area (Å²) < 4.78 is 24.7. The van der Waals surface area contributed by atoms with Crippen molar-refractivity contribution in [2.24, 2.45) is 5.92 Å². The number of ketones is 1. The molecule has 0 aliphatic rings. The quantitative estimate of drug-likeness (QED) is 0.794. The van der Waals surface area contributed by atoms with Gasteiger partial charge in [0.05, 0.1) is 10.6 Å². The van der Waals surface area contributed by atoms with Crippen LogP contribution in [0.1, 0.15) is 29.8 Å². The van der Waals surface area contributed by atoms with Gasteiger partial charge in [-0.25, -0.2) is 8.42 Å². The summed E-state index contributed by atoms with van der Waals surface area (Å²) in [5.41, 5.74) is 1.29. The number of benzene rings is 2. The van der Waals surface area contributed by atoms with Crippen molar-refractivity contribution in [3.8, 4) is 0 Å². The second-order valence-electron chi connectivity index (χ2n) is 5.29. The van der Waals surface area contributed by atoms with Crippen LogP contribution >= 0.6 is 0 Å². The Morgan fingerprint density at radius 2 is 1.52 bits per heavy atom. The van der Waals surface area contributed by atoms with Gasteiger partial charge in [0.2, 0.25) is 0 Å². The lowest BCUT2D eigenvalue weighted by molar-refractivity contribution is 0.0939. The average Bonchev–Trinajstić information content (AvgIpc) is 2.47. The minimum atomic E-state index is -3.39. The molecular weight excluding hydrogens is 284 g/mol. The van der Waals surface area contributed by atoms with Gasteiger partial charge in [-0.3, -0.25) is 4.79 Å². The molecule has 0 bridgehead atoms. The van der Waals surface area contributed by atoms with Gasteiger partial charge in [0.1, 0.15) is 0 Å². The van der Waals surface area contributed by atoms with Gasteiger partial charge in [0.25, 0.3) is 0 Å². The molecule has 0 saturated carbocycles. The Hall–Kier alpha value is -1.94. The third-order valence-electron chi connectivity index (χ3n) is 3.22. The molecule has 3 nitrogen and oxygen atoms in total. The SMILES string of the molecule is CC(C)C(=O)c1ccc(S(=O)(=O)Cc2ccccc2)cc1. The molecule has 0 aliphatic heterocycles. The van der Waals surface area contributed by atoms with Gasteiger partial charge in [-0.15, -0.1) is 0 Å². The van der Waals surface area contributed by atoms with Gasteiger partial charge in [-0.1, -0.05) is 56.3 Å². The monoisotopic (exact) mass is 302 g/mol. The predicted molar refractivity (Wildman–Crippen MR) is 82.9 cm³/mol. The zero-order chi connectivity index (χ0) is 15.5. The second kappa shape index (κ2) is 6.22. The number of carbonyl (C=O) groups is 1. The number of hydrogen-bond acceptors (Lipinski definition) is 3. The fourth-order valence-corrected chi connectivity index (χ4v) is 3.39. The smallest absolute Gasteiger partial charge is 0.182 e. The van der Waals surface area contributed by atoms with E-state index < -0.39 is 9.84 Å². The second-order valence-corrected chi connectivity index (χ2v) is 7.28. The lowest BCUT2D eigenvalue weighted by Crippen LogP contribution is -2.09. The molecule has 0 aliphatic carbocycles. The highest BCUT2D eigenvalue weighted by Gasteiger charge is 2.16. The van der Waals surface area contributed by atoms with Crippen molar-refractivity contribution < 1.29 is 13.2 Å². The molecule has 0 radical (unpaired) electrons. The third-order valence-corrected chi connectivity index (χ3v) is 4.93. The summed E-state index contributed by atoms with van der Waals surface area (Å²) in [6.07, 6.45) is 0. The van der Waals surface area contributed by atoms with Crippen molar-refractivity contribution in [2.45, 2.75) is 24.5 Å². The first kappa shape index (κ1) is 15.4. The van der Waals surface area contributed by atoms with Crippen LogP contribution in [0.2, 0.25) is 0 Å². The average molecular weight is 302 g/mol. The Balaban J connectivity index is 2.23. The van der Waals surface area contributed by atoms with E-state index in [0.717, 1.165) is 5.56 Å². The molecule has 0 unspecified atom stereocenters. The zero-order valence-electron chi connectivity index (χ0n) is 12.1. The molecule has 2 rings (SSSR count). The molecule has 4 heteroatoms. The van der Waals surface area contributed by atoms with E-state index in [-0.39, 0.29) is 22.3 Å². The van der Waals surface area contributed by atoms with Crippen LogP contribution in [0.3, 0.4) is 0 Å². The van der Waals surface area contributed by atoms with Crippen LogP contribution in [0.25, 0.3) is 0 Å². The number of carbonyl (C=O) groups excluding carboxylic acids is 1. The molecule has 0 aromatic heterocycles. The van der Waals surface area contributed by atoms with Gasteiger partial charge >= 0.3 is 0 Å². The number of rotatable bonds is 5. The van der Waals surface area contributed by atoms with Gasteiger partial charge < -0.3 is 0 Å². The van der Waals surface area contributed by atoms with Crippen molar-refractivity contribution in [3.63, 3.8) is 0 Å². The van der Waals surface area contributed by atoms with E-state index in [1.165, 1.54) is 12.1 Å². The number of Topliss-reactive ketones (excluding diaryl/α,β-unsaturated/α-hetero) is 1. The van der Waals surface area contributed by atoms with E-state index in [4.69, 9.17) is 0 Å². The maximum atomic E-state index is 12.3. The summed E-state index contributed by atoms with van der Waals surface area (Å²) >= 11 is 0. The lowest BCUT2D eigenvalue weighted by Gasteiger charge is -2.07. The topological polar surface area (TPSA) is 51.2 Å². The summed E-state index contributed by atoms with van der Waals surface area (Å²) in [7, 11) is -3.39. The van der Waals surface area contributed by atoms with Gasteiger partial charge in [-0.05, 0) is 17.7 Å². The molecule has 0 heterocycles. The largest absolute Gasteiger partial charge is 0.294 e. The van der Waals surface area contributed by atoms with Crippen LogP contribution in [-0.2, 0) is 15.6 Å². The Labute approximate surface area is 125 Å². The van der Waals surface area contributed by atoms with Crippen LogP contribution < -0.4 is 0 Å². The van der Waals surface area contributed by atoms with Crippen molar-refractivity contribution in [3.05, 3.63) is 65.7 Å². The number of sulfone groups is 1. The Kier molecular flexibility index (Phi) is 4.58. The summed E-state index contributed by atoms with van der Waals surface area (Å²) in [5.74, 6) is -0.121. The van der Waals surface area contributed by atoms with E-state index in [1.54, 1.807) is 24.3 Å². The summed E-state index contributed by atoms with van der Waals surface area (Å²) in [5, 5.41) is 0. The van der Waals surface area contributed by atoms with E-state index in [9.17, 15) is 13.2 Å². The summed E-state index contributed by atoms with van der Waals surface area (Å²) in [6.45, 7) is 3.64. The van der Waals surface area contributed by atoms with Crippen LogP contribution in [0.15, 0.2) is 59.5 Å².